The third kappa shape index (κ3) is 4.10. The second-order valence-electron chi connectivity index (χ2n) is 2.74. The summed E-state index contributed by atoms with van der Waals surface area (Å²) in [6.45, 7) is 1.78. The van der Waals surface area contributed by atoms with E-state index in [2.05, 4.69) is 9.69 Å². The van der Waals surface area contributed by atoms with Crippen LogP contribution in [0.4, 0.5) is 10.8 Å². The van der Waals surface area contributed by atoms with Gasteiger partial charge in [0.2, 0.25) is 0 Å². The Morgan fingerprint density at radius 1 is 1.62 bits per heavy atom. The fourth-order valence-corrected chi connectivity index (χ4v) is 1.55. The van der Waals surface area contributed by atoms with E-state index in [0.29, 0.717) is 5.82 Å². The summed E-state index contributed by atoms with van der Waals surface area (Å²) in [5.74, 6) is 0.587. The minimum Gasteiger partial charge on any atom is -0.385 e. The zero-order valence-corrected chi connectivity index (χ0v) is 8.56. The standard InChI is InChI=1S/C8H15N3OS/c1-12-5-3-2-4-10-8-6-7(9)11-13-8/h6,10H,2-5H2,1H3,(H2,9,11). The van der Waals surface area contributed by atoms with E-state index in [1.54, 1.807) is 7.11 Å². The van der Waals surface area contributed by atoms with Crippen molar-refractivity contribution in [3.05, 3.63) is 6.07 Å². The lowest BCUT2D eigenvalue weighted by Crippen LogP contribution is -2.01. The molecule has 0 aliphatic carbocycles. The van der Waals surface area contributed by atoms with Gasteiger partial charge in [0.05, 0.1) is 0 Å². The molecule has 0 amide bonds. The van der Waals surface area contributed by atoms with Crippen LogP contribution in [-0.4, -0.2) is 24.6 Å². The average Bonchev–Trinajstić information content (AvgIpc) is 2.51. The molecule has 1 aromatic rings. The van der Waals surface area contributed by atoms with Crippen molar-refractivity contribution in [1.82, 2.24) is 4.37 Å². The second-order valence-corrected chi connectivity index (χ2v) is 3.55. The van der Waals surface area contributed by atoms with Gasteiger partial charge in [-0.15, -0.1) is 0 Å². The van der Waals surface area contributed by atoms with Gasteiger partial charge in [-0.3, -0.25) is 0 Å². The maximum Gasteiger partial charge on any atom is 0.139 e. The van der Waals surface area contributed by atoms with Crippen LogP contribution in [-0.2, 0) is 4.74 Å². The number of nitrogens with two attached hydrogens (primary N) is 1. The lowest BCUT2D eigenvalue weighted by molar-refractivity contribution is 0.194. The summed E-state index contributed by atoms with van der Waals surface area (Å²) in [6, 6.07) is 1.85. The molecule has 0 aliphatic heterocycles. The lowest BCUT2D eigenvalue weighted by Gasteiger charge is -2.01. The number of rotatable bonds is 6. The third-order valence-corrected chi connectivity index (χ3v) is 2.36. The van der Waals surface area contributed by atoms with Crippen molar-refractivity contribution in [2.24, 2.45) is 0 Å². The number of unbranched alkanes of at least 4 members (excludes halogenated alkanes) is 1. The highest BCUT2D eigenvalue weighted by atomic mass is 32.1. The van der Waals surface area contributed by atoms with Gasteiger partial charge in [0.15, 0.2) is 0 Å². The predicted molar refractivity (Wildman–Crippen MR) is 56.1 cm³/mol. The molecule has 1 aromatic heterocycles. The molecule has 0 atom stereocenters. The highest BCUT2D eigenvalue weighted by molar-refractivity contribution is 7.10. The first-order valence-corrected chi connectivity index (χ1v) is 5.05. The Bertz CT molecular complexity index is 239. The summed E-state index contributed by atoms with van der Waals surface area (Å²) < 4.78 is 8.90. The van der Waals surface area contributed by atoms with Crippen LogP contribution in [0, 0.1) is 0 Å². The van der Waals surface area contributed by atoms with Crippen molar-refractivity contribution in [2.45, 2.75) is 12.8 Å². The Kier molecular flexibility index (Phi) is 4.56. The number of hydrogen-bond donors (Lipinski definition) is 2. The van der Waals surface area contributed by atoms with Crippen molar-refractivity contribution < 1.29 is 4.74 Å². The number of nitrogens with one attached hydrogen (secondary N) is 1. The van der Waals surface area contributed by atoms with Gasteiger partial charge in [0.1, 0.15) is 10.8 Å². The zero-order chi connectivity index (χ0) is 9.52. The molecule has 0 saturated heterocycles. The Morgan fingerprint density at radius 2 is 2.46 bits per heavy atom. The molecule has 0 radical (unpaired) electrons. The predicted octanol–water partition coefficient (Wildman–Crippen LogP) is 1.56. The molecule has 74 valence electrons. The summed E-state index contributed by atoms with van der Waals surface area (Å²) in [5.41, 5.74) is 5.47. The molecule has 1 heterocycles. The van der Waals surface area contributed by atoms with Gasteiger partial charge in [-0.2, -0.15) is 4.37 Å². The van der Waals surface area contributed by atoms with Crippen molar-refractivity contribution >= 4 is 22.4 Å². The van der Waals surface area contributed by atoms with Crippen LogP contribution >= 0.6 is 11.5 Å². The lowest BCUT2D eigenvalue weighted by atomic mass is 10.3. The molecule has 0 fully saturated rings. The minimum absolute atomic E-state index is 0.587. The van der Waals surface area contributed by atoms with Crippen LogP contribution in [0.3, 0.4) is 0 Å². The van der Waals surface area contributed by atoms with Gasteiger partial charge in [-0.05, 0) is 24.4 Å². The molecular weight excluding hydrogens is 186 g/mol. The molecule has 3 N–H and O–H groups in total. The number of anilines is 2. The van der Waals surface area contributed by atoms with E-state index in [-0.39, 0.29) is 0 Å². The number of nitrogens with zero attached hydrogens (tertiary/aromatic N) is 1. The maximum absolute atomic E-state index is 5.47. The van der Waals surface area contributed by atoms with Crippen molar-refractivity contribution in [2.75, 3.05) is 31.3 Å². The first-order chi connectivity index (χ1) is 6.33. The van der Waals surface area contributed by atoms with E-state index in [0.717, 1.165) is 31.0 Å². The Labute approximate surface area is 82.3 Å². The van der Waals surface area contributed by atoms with E-state index in [1.807, 2.05) is 6.07 Å². The number of aromatic nitrogens is 1. The van der Waals surface area contributed by atoms with Gasteiger partial charge in [0.25, 0.3) is 0 Å². The third-order valence-electron chi connectivity index (χ3n) is 1.60. The smallest absolute Gasteiger partial charge is 0.139 e. The van der Waals surface area contributed by atoms with Crippen LogP contribution in [0.1, 0.15) is 12.8 Å². The number of hydrogen-bond acceptors (Lipinski definition) is 5. The van der Waals surface area contributed by atoms with E-state index in [4.69, 9.17) is 10.5 Å². The molecule has 0 spiro atoms. The topological polar surface area (TPSA) is 60.2 Å². The van der Waals surface area contributed by atoms with Crippen LogP contribution in [0.5, 0.6) is 0 Å². The number of nitrogen functional groups attached to an aromatic ring is 1. The van der Waals surface area contributed by atoms with Crippen LogP contribution in [0.25, 0.3) is 0 Å². The van der Waals surface area contributed by atoms with Crippen molar-refractivity contribution in [3.8, 4) is 0 Å². The molecule has 0 aliphatic rings. The molecule has 1 rings (SSSR count). The van der Waals surface area contributed by atoms with E-state index in [1.165, 1.54) is 11.5 Å². The van der Waals surface area contributed by atoms with Crippen molar-refractivity contribution in [1.29, 1.82) is 0 Å². The summed E-state index contributed by atoms with van der Waals surface area (Å²) in [7, 11) is 1.72. The number of methoxy groups -OCH3 is 1. The van der Waals surface area contributed by atoms with Gasteiger partial charge in [-0.25, -0.2) is 0 Å². The molecular formula is C8H15N3OS. The molecule has 4 nitrogen and oxygen atoms in total. The van der Waals surface area contributed by atoms with Crippen LogP contribution < -0.4 is 11.1 Å². The maximum atomic E-state index is 5.47. The SMILES string of the molecule is COCCCCNc1cc(N)ns1. The quantitative estimate of drug-likeness (QED) is 0.686. The molecule has 0 unspecified atom stereocenters. The highest BCUT2D eigenvalue weighted by Gasteiger charge is 1.96. The first-order valence-electron chi connectivity index (χ1n) is 4.28. The van der Waals surface area contributed by atoms with Crippen LogP contribution in [0.15, 0.2) is 6.07 Å². The average molecular weight is 201 g/mol. The fraction of sp³-hybridized carbons (Fsp3) is 0.625. The summed E-state index contributed by atoms with van der Waals surface area (Å²) in [6.07, 6.45) is 2.18. The molecule has 0 bridgehead atoms. The highest BCUT2D eigenvalue weighted by Crippen LogP contribution is 2.16. The monoisotopic (exact) mass is 201 g/mol. The van der Waals surface area contributed by atoms with Crippen LogP contribution in [0.2, 0.25) is 0 Å². The molecule has 0 saturated carbocycles. The molecule has 5 heteroatoms. The Balaban J connectivity index is 2.06. The number of ether oxygens (including phenoxy) is 1. The van der Waals surface area contributed by atoms with E-state index < -0.39 is 0 Å². The van der Waals surface area contributed by atoms with Gasteiger partial charge < -0.3 is 15.8 Å². The van der Waals surface area contributed by atoms with E-state index in [9.17, 15) is 0 Å². The Hall–Kier alpha value is -0.810. The summed E-state index contributed by atoms with van der Waals surface area (Å²) in [4.78, 5) is 0. The largest absolute Gasteiger partial charge is 0.385 e. The fourth-order valence-electron chi connectivity index (χ4n) is 0.955. The minimum atomic E-state index is 0.587. The van der Waals surface area contributed by atoms with Gasteiger partial charge >= 0.3 is 0 Å². The molecule has 0 aromatic carbocycles. The Morgan fingerprint density at radius 3 is 3.08 bits per heavy atom. The van der Waals surface area contributed by atoms with E-state index >= 15 is 0 Å². The normalized spacial score (nSPS) is 10.2. The zero-order valence-electron chi connectivity index (χ0n) is 7.75. The first kappa shape index (κ1) is 10.3. The molecule has 13 heavy (non-hydrogen) atoms. The summed E-state index contributed by atoms with van der Waals surface area (Å²) in [5, 5.41) is 4.28. The van der Waals surface area contributed by atoms with Crippen molar-refractivity contribution in [3.63, 3.8) is 0 Å². The second kappa shape index (κ2) is 5.77. The van der Waals surface area contributed by atoms with Gasteiger partial charge in [0, 0.05) is 26.3 Å². The summed E-state index contributed by atoms with van der Waals surface area (Å²) >= 11 is 1.40. The van der Waals surface area contributed by atoms with Gasteiger partial charge in [-0.1, -0.05) is 0 Å².